The molecule has 0 amide bonds. The monoisotopic (exact) mass is 528 g/mol. The van der Waals surface area contributed by atoms with Crippen molar-refractivity contribution in [3.8, 4) is 0 Å². The normalized spacial score (nSPS) is 27.7. The molecule has 160 valence electrons. The number of halogens is 2. The van der Waals surface area contributed by atoms with E-state index in [1.165, 1.54) is 94.7 Å². The molecule has 0 aliphatic heterocycles. The molecule has 0 heterocycles. The van der Waals surface area contributed by atoms with Gasteiger partial charge in [0.1, 0.15) is 0 Å². The Hall–Kier alpha value is -0.600. The van der Waals surface area contributed by atoms with Crippen molar-refractivity contribution < 1.29 is 0 Å². The van der Waals surface area contributed by atoms with Crippen molar-refractivity contribution in [3.63, 3.8) is 0 Å². The van der Waals surface area contributed by atoms with E-state index in [1.54, 1.807) is 5.57 Å². The van der Waals surface area contributed by atoms with Gasteiger partial charge in [-0.2, -0.15) is 0 Å². The highest BCUT2D eigenvalue weighted by atomic mass is 79.9. The minimum atomic E-state index is 0.339. The minimum absolute atomic E-state index is 0.339. The van der Waals surface area contributed by atoms with Crippen molar-refractivity contribution in [3.05, 3.63) is 57.5 Å². The van der Waals surface area contributed by atoms with Crippen LogP contribution in [0.15, 0.2) is 41.5 Å². The average Bonchev–Trinajstić information content (AvgIpc) is 2.78. The summed E-state index contributed by atoms with van der Waals surface area (Å²) >= 11 is 8.12. The Morgan fingerprint density at radius 1 is 0.800 bits per heavy atom. The summed E-state index contributed by atoms with van der Waals surface area (Å²) in [7, 11) is 0. The molecule has 2 fully saturated rings. The maximum atomic E-state index is 4.09. The van der Waals surface area contributed by atoms with Crippen molar-refractivity contribution in [2.75, 3.05) is 0 Å². The van der Waals surface area contributed by atoms with Crippen LogP contribution in [0.1, 0.15) is 90.0 Å². The van der Waals surface area contributed by atoms with Crippen molar-refractivity contribution >= 4 is 40.8 Å². The van der Waals surface area contributed by atoms with Crippen LogP contribution in [0.2, 0.25) is 0 Å². The van der Waals surface area contributed by atoms with Gasteiger partial charge in [0.15, 0.2) is 0 Å². The molecule has 0 radical (unpaired) electrons. The van der Waals surface area contributed by atoms with Gasteiger partial charge in [-0.1, -0.05) is 92.6 Å². The summed E-state index contributed by atoms with van der Waals surface area (Å²) in [5.74, 6) is 0.457. The van der Waals surface area contributed by atoms with Crippen LogP contribution in [0.3, 0.4) is 0 Å². The molecule has 1 aromatic rings. The van der Waals surface area contributed by atoms with Crippen LogP contribution < -0.4 is 10.4 Å². The number of hydrogen-bond acceptors (Lipinski definition) is 0. The number of fused-ring (bicyclic) bond motifs is 2. The van der Waals surface area contributed by atoms with Crippen molar-refractivity contribution in [1.29, 1.82) is 0 Å². The van der Waals surface area contributed by atoms with E-state index in [0.29, 0.717) is 16.7 Å². The predicted molar refractivity (Wildman–Crippen MR) is 136 cm³/mol. The largest absolute Gasteiger partial charge is 0.0798 e. The van der Waals surface area contributed by atoms with E-state index in [2.05, 4.69) is 76.1 Å². The van der Waals surface area contributed by atoms with Gasteiger partial charge in [-0.3, -0.25) is 0 Å². The van der Waals surface area contributed by atoms with Gasteiger partial charge >= 0.3 is 0 Å². The second kappa shape index (κ2) is 8.07. The summed E-state index contributed by atoms with van der Waals surface area (Å²) in [5.41, 5.74) is 5.32. The average molecular weight is 530 g/mol. The summed E-state index contributed by atoms with van der Waals surface area (Å²) < 4.78 is 2.70. The fourth-order valence-electron chi connectivity index (χ4n) is 6.47. The molecular formula is C28H34Br2. The Bertz CT molecular complexity index is 1030. The van der Waals surface area contributed by atoms with Gasteiger partial charge in [-0.15, -0.1) is 0 Å². The van der Waals surface area contributed by atoms with Crippen molar-refractivity contribution in [2.24, 2.45) is 11.3 Å². The Morgan fingerprint density at radius 2 is 1.43 bits per heavy atom. The lowest BCUT2D eigenvalue weighted by Gasteiger charge is -2.38. The van der Waals surface area contributed by atoms with E-state index in [0.717, 1.165) is 6.42 Å². The third-order valence-electron chi connectivity index (χ3n) is 8.64. The highest BCUT2D eigenvalue weighted by Gasteiger charge is 2.35. The van der Waals surface area contributed by atoms with E-state index in [9.17, 15) is 0 Å². The van der Waals surface area contributed by atoms with Gasteiger partial charge < -0.3 is 0 Å². The van der Waals surface area contributed by atoms with E-state index in [1.807, 2.05) is 0 Å². The first-order valence-electron chi connectivity index (χ1n) is 12.0. The Kier molecular flexibility index (Phi) is 5.72. The second-order valence-electron chi connectivity index (χ2n) is 10.7. The summed E-state index contributed by atoms with van der Waals surface area (Å²) in [6.45, 7) is 4.98. The first-order valence-corrected chi connectivity index (χ1v) is 13.6. The molecule has 1 atom stereocenters. The molecule has 0 aromatic heterocycles. The van der Waals surface area contributed by atoms with Crippen LogP contribution in [-0.2, 0) is 5.41 Å². The lowest BCUT2D eigenvalue weighted by atomic mass is 9.67. The van der Waals surface area contributed by atoms with E-state index in [4.69, 9.17) is 0 Å². The Balaban J connectivity index is 1.60. The molecule has 0 spiro atoms. The summed E-state index contributed by atoms with van der Waals surface area (Å²) in [6.07, 6.45) is 19.8. The first kappa shape index (κ1) is 21.3. The van der Waals surface area contributed by atoms with Crippen LogP contribution in [-0.4, -0.2) is 0 Å². The number of hydrogen-bond donors (Lipinski definition) is 0. The zero-order valence-electron chi connectivity index (χ0n) is 18.5. The molecule has 4 aliphatic rings. The summed E-state index contributed by atoms with van der Waals surface area (Å²) in [4.78, 5) is 0. The molecule has 5 rings (SSSR count). The van der Waals surface area contributed by atoms with Gasteiger partial charge in [-0.25, -0.2) is 0 Å². The van der Waals surface area contributed by atoms with Crippen LogP contribution in [0.4, 0.5) is 0 Å². The van der Waals surface area contributed by atoms with E-state index >= 15 is 0 Å². The lowest BCUT2D eigenvalue weighted by Crippen LogP contribution is -2.37. The molecule has 0 nitrogen and oxygen atoms in total. The van der Waals surface area contributed by atoms with Gasteiger partial charge in [0, 0.05) is 14.9 Å². The van der Waals surface area contributed by atoms with Gasteiger partial charge in [0.05, 0.1) is 0 Å². The number of allylic oxidation sites excluding steroid dienone is 4. The quantitative estimate of drug-likeness (QED) is 0.367. The van der Waals surface area contributed by atoms with Gasteiger partial charge in [-0.05, 0) is 92.1 Å². The highest BCUT2D eigenvalue weighted by Crippen LogP contribution is 2.49. The first-order chi connectivity index (χ1) is 14.4. The summed E-state index contributed by atoms with van der Waals surface area (Å²) in [6, 6.07) is 7.30. The van der Waals surface area contributed by atoms with Gasteiger partial charge in [0.25, 0.3) is 0 Å². The third-order valence-corrected chi connectivity index (χ3v) is 10.5. The zero-order valence-corrected chi connectivity index (χ0v) is 21.7. The zero-order chi connectivity index (χ0) is 20.9. The SMILES string of the molecule is CC1(C2=CCC3C(=C2)C(Br)=c2cc(C4(C)CCCCC4)ccc2=C3Br)CCCCC1. The molecule has 2 saturated carbocycles. The van der Waals surface area contributed by atoms with Gasteiger partial charge in [0.2, 0.25) is 0 Å². The van der Waals surface area contributed by atoms with E-state index in [-0.39, 0.29) is 0 Å². The van der Waals surface area contributed by atoms with Crippen molar-refractivity contribution in [2.45, 2.75) is 89.9 Å². The molecule has 30 heavy (non-hydrogen) atoms. The fraction of sp³-hybridized carbons (Fsp3) is 0.571. The highest BCUT2D eigenvalue weighted by molar-refractivity contribution is 9.15. The van der Waals surface area contributed by atoms with Crippen molar-refractivity contribution in [1.82, 2.24) is 0 Å². The topological polar surface area (TPSA) is 0 Å². The molecule has 0 bridgehead atoms. The Labute approximate surface area is 198 Å². The fourth-order valence-corrected chi connectivity index (χ4v) is 7.97. The number of rotatable bonds is 2. The predicted octanol–water partition coefficient (Wildman–Crippen LogP) is 7.77. The lowest BCUT2D eigenvalue weighted by molar-refractivity contribution is 0.271. The smallest absolute Gasteiger partial charge is 0.0292 e. The van der Waals surface area contributed by atoms with Crippen LogP contribution in [0.25, 0.3) is 8.96 Å². The standard InChI is InChI=1S/C28H34Br2/c1-27(13-5-3-6-14-27)19-9-11-21-23(17-19)26(30)24-18-20(10-12-22(24)25(21)29)28(2)15-7-4-8-16-28/h9-11,17-18,22H,3-8,12-16H2,1-2H3. The Morgan fingerprint density at radius 3 is 2.10 bits per heavy atom. The molecular weight excluding hydrogens is 496 g/mol. The molecule has 1 unspecified atom stereocenters. The third kappa shape index (κ3) is 3.54. The maximum absolute atomic E-state index is 4.09. The molecule has 1 aromatic carbocycles. The molecule has 0 N–H and O–H groups in total. The second-order valence-corrected chi connectivity index (χ2v) is 12.4. The van der Waals surface area contributed by atoms with Crippen LogP contribution >= 0.6 is 31.9 Å². The molecule has 2 heteroatoms. The number of benzene rings is 1. The molecule has 0 saturated heterocycles. The summed E-state index contributed by atoms with van der Waals surface area (Å²) in [5, 5.41) is 2.77. The van der Waals surface area contributed by atoms with Crippen LogP contribution in [0.5, 0.6) is 0 Å². The van der Waals surface area contributed by atoms with Crippen LogP contribution in [0, 0.1) is 11.3 Å². The molecule has 4 aliphatic carbocycles. The maximum Gasteiger partial charge on any atom is 0.0292 e. The minimum Gasteiger partial charge on any atom is -0.0798 e. The van der Waals surface area contributed by atoms with E-state index < -0.39 is 0 Å².